The van der Waals surface area contributed by atoms with E-state index in [2.05, 4.69) is 5.32 Å². The molecular weight excluding hydrogens is 494 g/mol. The summed E-state index contributed by atoms with van der Waals surface area (Å²) < 4.78 is 34.2. The summed E-state index contributed by atoms with van der Waals surface area (Å²) in [5.74, 6) is -0.896. The van der Waals surface area contributed by atoms with Crippen molar-refractivity contribution in [2.24, 2.45) is 0 Å². The van der Waals surface area contributed by atoms with Gasteiger partial charge in [0.1, 0.15) is 11.4 Å². The number of piperidine rings is 1. The first kappa shape index (κ1) is 26.2. The highest BCUT2D eigenvalue weighted by molar-refractivity contribution is 7.89. The number of carbonyl (C=O) groups is 2. The summed E-state index contributed by atoms with van der Waals surface area (Å²) in [6, 6.07) is 16.8. The van der Waals surface area contributed by atoms with E-state index in [-0.39, 0.29) is 10.8 Å². The van der Waals surface area contributed by atoms with Gasteiger partial charge in [-0.25, -0.2) is 13.2 Å². The molecular formula is C27H29N3O6S. The maximum absolute atomic E-state index is 12.9. The minimum absolute atomic E-state index is 0.221. The van der Waals surface area contributed by atoms with Gasteiger partial charge in [-0.2, -0.15) is 4.31 Å². The fraction of sp³-hybridized carbons (Fsp3) is 0.259. The number of sulfonamides is 1. The fourth-order valence-corrected chi connectivity index (χ4v) is 5.61. The predicted octanol–water partition coefficient (Wildman–Crippen LogP) is 4.09. The van der Waals surface area contributed by atoms with Gasteiger partial charge in [0.15, 0.2) is 6.61 Å². The Labute approximate surface area is 216 Å². The van der Waals surface area contributed by atoms with E-state index in [0.717, 1.165) is 24.8 Å². The Morgan fingerprint density at radius 2 is 1.76 bits per heavy atom. The molecule has 1 aromatic heterocycles. The Hall–Kier alpha value is -3.89. The Morgan fingerprint density at radius 1 is 1.00 bits per heavy atom. The summed E-state index contributed by atoms with van der Waals surface area (Å²) in [4.78, 5) is 23.8. The second kappa shape index (κ2) is 11.9. The molecule has 1 saturated heterocycles. The molecule has 0 atom stereocenters. The fourth-order valence-electron chi connectivity index (χ4n) is 4.09. The van der Waals surface area contributed by atoms with Crippen molar-refractivity contribution in [1.29, 1.82) is 0 Å². The van der Waals surface area contributed by atoms with Crippen LogP contribution in [0.1, 0.15) is 35.3 Å². The number of carboxylic acid groups (broad SMARTS) is 1. The van der Waals surface area contributed by atoms with Crippen LogP contribution in [0.2, 0.25) is 0 Å². The Bertz CT molecular complexity index is 1370. The van der Waals surface area contributed by atoms with Crippen LogP contribution in [0.5, 0.6) is 5.75 Å². The van der Waals surface area contributed by atoms with Crippen molar-refractivity contribution in [3.63, 3.8) is 0 Å². The zero-order chi connectivity index (χ0) is 26.3. The Balaban J connectivity index is 1.37. The molecule has 1 aliphatic heterocycles. The Kier molecular flexibility index (Phi) is 8.42. The second-order valence-electron chi connectivity index (χ2n) is 8.65. The van der Waals surface area contributed by atoms with Gasteiger partial charge in [-0.05, 0) is 66.9 Å². The third kappa shape index (κ3) is 6.87. The minimum atomic E-state index is -3.53. The van der Waals surface area contributed by atoms with Crippen molar-refractivity contribution in [3.8, 4) is 5.75 Å². The van der Waals surface area contributed by atoms with Gasteiger partial charge in [-0.3, -0.25) is 4.79 Å². The summed E-state index contributed by atoms with van der Waals surface area (Å²) in [6.07, 6.45) is 8.32. The number of amides is 1. The molecule has 3 aromatic rings. The van der Waals surface area contributed by atoms with Crippen LogP contribution in [0.15, 0.2) is 77.8 Å². The molecule has 37 heavy (non-hydrogen) atoms. The first-order valence-corrected chi connectivity index (χ1v) is 13.4. The lowest BCUT2D eigenvalue weighted by molar-refractivity contribution is -0.139. The second-order valence-corrected chi connectivity index (χ2v) is 10.6. The number of hydrogen-bond donors (Lipinski definition) is 2. The molecule has 1 fully saturated rings. The van der Waals surface area contributed by atoms with Crippen LogP contribution in [0.25, 0.3) is 6.08 Å². The zero-order valence-corrected chi connectivity index (χ0v) is 21.1. The molecule has 2 N–H and O–H groups in total. The van der Waals surface area contributed by atoms with Gasteiger partial charge in [0.25, 0.3) is 5.91 Å². The summed E-state index contributed by atoms with van der Waals surface area (Å²) >= 11 is 0. The highest BCUT2D eigenvalue weighted by Gasteiger charge is 2.25. The molecule has 10 heteroatoms. The number of allylic oxidation sites excluding steroid dienone is 1. The largest absolute Gasteiger partial charge is 0.482 e. The number of anilines is 1. The summed E-state index contributed by atoms with van der Waals surface area (Å²) in [6.45, 7) is 1.10. The number of ether oxygens (including phenoxy) is 1. The smallest absolute Gasteiger partial charge is 0.341 e. The molecule has 0 bridgehead atoms. The standard InChI is InChI=1S/C27H29N3O6S/c31-26(32)20-36-23-9-4-7-21(19-23)8-5-15-29-16-6-10-25(29)27(33)28-22-11-13-24(14-12-22)37(34,35)30-17-2-1-3-18-30/h4-14,16,19H,1-3,15,17-18,20H2,(H,28,33)(H,31,32)/b8-5+. The quantitative estimate of drug-likeness (QED) is 0.413. The van der Waals surface area contributed by atoms with Crippen LogP contribution >= 0.6 is 0 Å². The van der Waals surface area contributed by atoms with Gasteiger partial charge in [0.2, 0.25) is 10.0 Å². The molecule has 194 valence electrons. The number of carbonyl (C=O) groups excluding carboxylic acids is 1. The lowest BCUT2D eigenvalue weighted by Gasteiger charge is -2.25. The van der Waals surface area contributed by atoms with Crippen molar-refractivity contribution in [2.75, 3.05) is 25.0 Å². The van der Waals surface area contributed by atoms with E-state index in [1.807, 2.05) is 18.2 Å². The lowest BCUT2D eigenvalue weighted by Crippen LogP contribution is -2.35. The van der Waals surface area contributed by atoms with Crippen LogP contribution < -0.4 is 10.1 Å². The van der Waals surface area contributed by atoms with Crippen LogP contribution in [0.3, 0.4) is 0 Å². The summed E-state index contributed by atoms with van der Waals surface area (Å²) in [5.41, 5.74) is 1.79. The highest BCUT2D eigenvalue weighted by atomic mass is 32.2. The maximum Gasteiger partial charge on any atom is 0.341 e. The third-order valence-corrected chi connectivity index (χ3v) is 7.87. The molecule has 0 unspecified atom stereocenters. The van der Waals surface area contributed by atoms with Gasteiger partial charge in [-0.15, -0.1) is 0 Å². The molecule has 9 nitrogen and oxygen atoms in total. The normalized spacial score (nSPS) is 14.5. The van der Waals surface area contributed by atoms with Crippen molar-refractivity contribution >= 4 is 33.7 Å². The third-order valence-electron chi connectivity index (χ3n) is 5.96. The monoisotopic (exact) mass is 523 g/mol. The van der Waals surface area contributed by atoms with Crippen LogP contribution in [0.4, 0.5) is 5.69 Å². The molecule has 4 rings (SSSR count). The van der Waals surface area contributed by atoms with Crippen molar-refractivity contribution in [3.05, 3.63) is 84.2 Å². The van der Waals surface area contributed by atoms with E-state index < -0.39 is 22.6 Å². The molecule has 0 aliphatic carbocycles. The van der Waals surface area contributed by atoms with Crippen LogP contribution in [-0.4, -0.2) is 54.0 Å². The number of benzene rings is 2. The number of aromatic nitrogens is 1. The summed E-state index contributed by atoms with van der Waals surface area (Å²) in [7, 11) is -3.53. The van der Waals surface area contributed by atoms with Crippen LogP contribution in [0, 0.1) is 0 Å². The first-order valence-electron chi connectivity index (χ1n) is 12.0. The molecule has 2 aromatic carbocycles. The highest BCUT2D eigenvalue weighted by Crippen LogP contribution is 2.22. The van der Waals surface area contributed by atoms with Crippen LogP contribution in [-0.2, 0) is 21.4 Å². The van der Waals surface area contributed by atoms with E-state index in [4.69, 9.17) is 9.84 Å². The molecule has 1 amide bonds. The number of nitrogens with one attached hydrogen (secondary N) is 1. The first-order chi connectivity index (χ1) is 17.8. The van der Waals surface area contributed by atoms with Crippen molar-refractivity contribution < 1.29 is 27.9 Å². The molecule has 0 spiro atoms. The number of nitrogens with zero attached hydrogens (tertiary/aromatic N) is 2. The van der Waals surface area contributed by atoms with E-state index in [9.17, 15) is 18.0 Å². The average molecular weight is 524 g/mol. The van der Waals surface area contributed by atoms with Crippen molar-refractivity contribution in [1.82, 2.24) is 8.87 Å². The molecule has 0 radical (unpaired) electrons. The van der Waals surface area contributed by atoms with E-state index >= 15 is 0 Å². The number of hydrogen-bond acceptors (Lipinski definition) is 5. The zero-order valence-electron chi connectivity index (χ0n) is 20.2. The number of carboxylic acids is 1. The van der Waals surface area contributed by atoms with Gasteiger partial charge in [-0.1, -0.05) is 30.7 Å². The SMILES string of the molecule is O=C(O)COc1cccc(/C=C/Cn2cccc2C(=O)Nc2ccc(S(=O)(=O)N3CCCCC3)cc2)c1. The molecule has 1 aliphatic rings. The van der Waals surface area contributed by atoms with Gasteiger partial charge in [0, 0.05) is 31.5 Å². The molecule has 0 saturated carbocycles. The van der Waals surface area contributed by atoms with Gasteiger partial charge < -0.3 is 19.7 Å². The van der Waals surface area contributed by atoms with Gasteiger partial charge >= 0.3 is 5.97 Å². The number of rotatable bonds is 10. The Morgan fingerprint density at radius 3 is 2.49 bits per heavy atom. The molecule has 2 heterocycles. The van der Waals surface area contributed by atoms with E-state index in [0.29, 0.717) is 36.8 Å². The van der Waals surface area contributed by atoms with E-state index in [1.165, 1.54) is 16.4 Å². The lowest BCUT2D eigenvalue weighted by atomic mass is 10.2. The average Bonchev–Trinajstić information content (AvgIpc) is 3.37. The maximum atomic E-state index is 12.9. The summed E-state index contributed by atoms with van der Waals surface area (Å²) in [5, 5.41) is 11.6. The topological polar surface area (TPSA) is 118 Å². The van der Waals surface area contributed by atoms with Gasteiger partial charge in [0.05, 0.1) is 4.90 Å². The number of aliphatic carboxylic acids is 1. The minimum Gasteiger partial charge on any atom is -0.482 e. The predicted molar refractivity (Wildman–Crippen MR) is 140 cm³/mol. The van der Waals surface area contributed by atoms with Crippen molar-refractivity contribution in [2.45, 2.75) is 30.7 Å². The van der Waals surface area contributed by atoms with E-state index in [1.54, 1.807) is 53.2 Å².